The maximum Gasteiger partial charge on any atom is 0.0648 e. The Labute approximate surface area is 125 Å². The van der Waals surface area contributed by atoms with Gasteiger partial charge in [0.25, 0.3) is 0 Å². The summed E-state index contributed by atoms with van der Waals surface area (Å²) in [7, 11) is 0. The highest BCUT2D eigenvalue weighted by molar-refractivity contribution is 4.92. The lowest BCUT2D eigenvalue weighted by Crippen LogP contribution is -2.28. The van der Waals surface area contributed by atoms with Crippen molar-refractivity contribution in [3.05, 3.63) is 24.8 Å². The van der Waals surface area contributed by atoms with Crippen molar-refractivity contribution < 1.29 is 4.74 Å². The summed E-state index contributed by atoms with van der Waals surface area (Å²) in [5.74, 6) is 2.86. The second kappa shape index (κ2) is 8.67. The Morgan fingerprint density at radius 2 is 1.55 bits per heavy atom. The second-order valence-corrected chi connectivity index (χ2v) is 6.67. The van der Waals surface area contributed by atoms with E-state index in [0.29, 0.717) is 6.10 Å². The number of ether oxygens (including phenoxy) is 1. The van der Waals surface area contributed by atoms with E-state index in [1.807, 2.05) is 6.08 Å². The first-order valence-electron chi connectivity index (χ1n) is 8.72. The first-order valence-corrected chi connectivity index (χ1v) is 8.72. The summed E-state index contributed by atoms with van der Waals surface area (Å²) in [5.41, 5.74) is 0. The van der Waals surface area contributed by atoms with Crippen LogP contribution in [0.25, 0.3) is 0 Å². The molecule has 0 aromatic carbocycles. The van der Waals surface area contributed by atoms with Gasteiger partial charge in [-0.2, -0.15) is 0 Å². The molecule has 0 N–H and O–H groups in total. The Morgan fingerprint density at radius 3 is 2.10 bits per heavy atom. The predicted molar refractivity (Wildman–Crippen MR) is 86.8 cm³/mol. The predicted octanol–water partition coefficient (Wildman–Crippen LogP) is 5.52. The van der Waals surface area contributed by atoms with Crippen LogP contribution >= 0.6 is 0 Å². The van der Waals surface area contributed by atoms with Gasteiger partial charge in [-0.15, -0.1) is 6.58 Å². The molecule has 2 saturated carbocycles. The van der Waals surface area contributed by atoms with Gasteiger partial charge in [0.2, 0.25) is 0 Å². The van der Waals surface area contributed by atoms with Gasteiger partial charge in [0.1, 0.15) is 0 Å². The molecule has 0 aromatic rings. The fourth-order valence-electron chi connectivity index (χ4n) is 4.07. The Balaban J connectivity index is 1.67. The van der Waals surface area contributed by atoms with Gasteiger partial charge in [-0.1, -0.05) is 25.2 Å². The molecule has 0 spiro atoms. The zero-order valence-electron chi connectivity index (χ0n) is 13.2. The minimum Gasteiger partial charge on any atom is -0.374 e. The highest BCUT2D eigenvalue weighted by Crippen LogP contribution is 2.40. The second-order valence-electron chi connectivity index (χ2n) is 6.67. The Hall–Kier alpha value is -0.560. The third-order valence-electron chi connectivity index (χ3n) is 5.30. The maximum atomic E-state index is 5.80. The molecule has 2 aliphatic rings. The van der Waals surface area contributed by atoms with Gasteiger partial charge in [-0.25, -0.2) is 0 Å². The third kappa shape index (κ3) is 4.77. The highest BCUT2D eigenvalue weighted by Gasteiger charge is 2.30. The minimum atomic E-state index is 0.507. The molecule has 0 heterocycles. The lowest BCUT2D eigenvalue weighted by Gasteiger charge is -2.37. The van der Waals surface area contributed by atoms with E-state index in [4.69, 9.17) is 4.74 Å². The third-order valence-corrected chi connectivity index (χ3v) is 5.30. The van der Waals surface area contributed by atoms with Crippen LogP contribution in [0.3, 0.4) is 0 Å². The van der Waals surface area contributed by atoms with E-state index < -0.39 is 0 Å². The molecule has 0 aromatic heterocycles. The van der Waals surface area contributed by atoms with Crippen LogP contribution in [0, 0.1) is 17.8 Å². The molecule has 0 atom stereocenters. The van der Waals surface area contributed by atoms with Crippen LogP contribution in [0.1, 0.15) is 64.7 Å². The van der Waals surface area contributed by atoms with Gasteiger partial charge in [0, 0.05) is 0 Å². The molecule has 0 bridgehead atoms. The van der Waals surface area contributed by atoms with Crippen LogP contribution in [0.4, 0.5) is 0 Å². The van der Waals surface area contributed by atoms with Crippen molar-refractivity contribution in [3.63, 3.8) is 0 Å². The molecule has 1 nitrogen and oxygen atoms in total. The minimum absolute atomic E-state index is 0.507. The quantitative estimate of drug-likeness (QED) is 0.580. The average molecular weight is 276 g/mol. The summed E-state index contributed by atoms with van der Waals surface area (Å²) in [6.45, 7) is 6.69. The number of rotatable bonds is 6. The van der Waals surface area contributed by atoms with Gasteiger partial charge in [0.05, 0.1) is 12.7 Å². The monoisotopic (exact) mass is 276 g/mol. The van der Waals surface area contributed by atoms with Crippen LogP contribution in [0.2, 0.25) is 0 Å². The van der Waals surface area contributed by atoms with Crippen LogP contribution < -0.4 is 0 Å². The summed E-state index contributed by atoms with van der Waals surface area (Å²) in [6.07, 6.45) is 19.5. The molecule has 0 amide bonds. The maximum absolute atomic E-state index is 5.80. The molecule has 0 radical (unpaired) electrons. The fraction of sp³-hybridized carbons (Fsp3) is 0.789. The smallest absolute Gasteiger partial charge is 0.0648 e. The van der Waals surface area contributed by atoms with Crippen LogP contribution in [0.5, 0.6) is 0 Å². The summed E-state index contributed by atoms with van der Waals surface area (Å²) < 4.78 is 5.80. The zero-order valence-corrected chi connectivity index (χ0v) is 13.2. The van der Waals surface area contributed by atoms with Gasteiger partial charge >= 0.3 is 0 Å². The first-order chi connectivity index (χ1) is 9.83. The van der Waals surface area contributed by atoms with Crippen molar-refractivity contribution >= 4 is 0 Å². The number of allylic oxidation sites excluding steroid dienone is 2. The van der Waals surface area contributed by atoms with Crippen molar-refractivity contribution in [2.45, 2.75) is 70.8 Å². The fourth-order valence-corrected chi connectivity index (χ4v) is 4.07. The van der Waals surface area contributed by atoms with E-state index >= 15 is 0 Å². The van der Waals surface area contributed by atoms with Crippen molar-refractivity contribution in [2.75, 3.05) is 6.61 Å². The topological polar surface area (TPSA) is 9.23 Å². The number of hydrogen-bond donors (Lipinski definition) is 0. The average Bonchev–Trinajstić information content (AvgIpc) is 2.52. The molecular weight excluding hydrogens is 244 g/mol. The summed E-state index contributed by atoms with van der Waals surface area (Å²) in [5, 5.41) is 0. The van der Waals surface area contributed by atoms with Crippen molar-refractivity contribution in [3.8, 4) is 0 Å². The van der Waals surface area contributed by atoms with Crippen molar-refractivity contribution in [1.82, 2.24) is 0 Å². The molecule has 1 heteroatoms. The molecule has 2 fully saturated rings. The standard InChI is InChI=1S/C19H32O/c1-3-5-6-16-7-9-17(10-8-16)18-11-13-19(14-12-18)20-15-4-2/h4-6,16-19H,2-3,7-15H2,1H3/b6-5+/t16-,17-,18-,19-. The molecule has 20 heavy (non-hydrogen) atoms. The highest BCUT2D eigenvalue weighted by atomic mass is 16.5. The number of hydrogen-bond acceptors (Lipinski definition) is 1. The molecule has 114 valence electrons. The molecular formula is C19H32O. The summed E-state index contributed by atoms with van der Waals surface area (Å²) in [6, 6.07) is 0. The largest absolute Gasteiger partial charge is 0.374 e. The van der Waals surface area contributed by atoms with Gasteiger partial charge in [0.15, 0.2) is 0 Å². The van der Waals surface area contributed by atoms with E-state index in [0.717, 1.165) is 24.4 Å². The lowest BCUT2D eigenvalue weighted by atomic mass is 9.70. The summed E-state index contributed by atoms with van der Waals surface area (Å²) >= 11 is 0. The molecule has 2 rings (SSSR count). The Morgan fingerprint density at radius 1 is 0.950 bits per heavy atom. The van der Waals surface area contributed by atoms with Gasteiger partial charge in [-0.05, 0) is 75.5 Å². The molecule has 2 aliphatic carbocycles. The molecule has 0 unspecified atom stereocenters. The van der Waals surface area contributed by atoms with Crippen molar-refractivity contribution in [2.24, 2.45) is 17.8 Å². The normalized spacial score (nSPS) is 35.2. The summed E-state index contributed by atoms with van der Waals surface area (Å²) in [4.78, 5) is 0. The van der Waals surface area contributed by atoms with Crippen LogP contribution in [0.15, 0.2) is 24.8 Å². The van der Waals surface area contributed by atoms with Gasteiger partial charge < -0.3 is 4.74 Å². The first kappa shape index (κ1) is 15.8. The van der Waals surface area contributed by atoms with E-state index in [1.54, 1.807) is 0 Å². The Bertz CT molecular complexity index is 291. The van der Waals surface area contributed by atoms with Gasteiger partial charge in [-0.3, -0.25) is 0 Å². The van der Waals surface area contributed by atoms with E-state index in [2.05, 4.69) is 25.7 Å². The van der Waals surface area contributed by atoms with E-state index in [1.165, 1.54) is 57.8 Å². The van der Waals surface area contributed by atoms with Crippen LogP contribution in [-0.4, -0.2) is 12.7 Å². The zero-order chi connectivity index (χ0) is 14.2. The lowest BCUT2D eigenvalue weighted by molar-refractivity contribution is 0.0220. The Kier molecular flexibility index (Phi) is 6.86. The van der Waals surface area contributed by atoms with Crippen molar-refractivity contribution in [1.29, 1.82) is 0 Å². The molecule has 0 saturated heterocycles. The van der Waals surface area contributed by atoms with E-state index in [-0.39, 0.29) is 0 Å². The van der Waals surface area contributed by atoms with E-state index in [9.17, 15) is 0 Å². The SMILES string of the molecule is C=CCO[C@H]1CC[C@H]([C@H]2CC[C@H](/C=C/CC)CC2)CC1. The molecule has 0 aliphatic heterocycles. The van der Waals surface area contributed by atoms with Crippen LogP contribution in [-0.2, 0) is 4.74 Å².